The van der Waals surface area contributed by atoms with Gasteiger partial charge in [-0.15, -0.1) is 0 Å². The second kappa shape index (κ2) is 6.16. The largest absolute Gasteiger partial charge is 0.355 e. The Morgan fingerprint density at radius 3 is 2.71 bits per heavy atom. The highest BCUT2D eigenvalue weighted by molar-refractivity contribution is 5.72. The second-order valence-corrected chi connectivity index (χ2v) is 3.07. The van der Waals surface area contributed by atoms with Gasteiger partial charge in [-0.25, -0.2) is 5.32 Å². The first-order valence-electron chi connectivity index (χ1n) is 4.70. The molecule has 0 atom stereocenters. The molecule has 0 aliphatic rings. The van der Waals surface area contributed by atoms with Gasteiger partial charge in [0, 0.05) is 26.6 Å². The molecule has 0 bridgehead atoms. The molecule has 3 heteroatoms. The molecule has 1 amide bonds. The van der Waals surface area contributed by atoms with Gasteiger partial charge in [0.25, 0.3) is 0 Å². The predicted molar refractivity (Wildman–Crippen MR) is 55.8 cm³/mol. The number of hydrogen-bond donors (Lipinski definition) is 1. The van der Waals surface area contributed by atoms with E-state index >= 15 is 0 Å². The van der Waals surface area contributed by atoms with Crippen molar-refractivity contribution in [3.8, 4) is 0 Å². The van der Waals surface area contributed by atoms with Crippen LogP contribution in [0.1, 0.15) is 12.5 Å². The highest BCUT2D eigenvalue weighted by Gasteiger charge is 1.93. The van der Waals surface area contributed by atoms with Gasteiger partial charge in [0.05, 0.1) is 0 Å². The summed E-state index contributed by atoms with van der Waals surface area (Å²) in [6.07, 6.45) is 0. The van der Waals surface area contributed by atoms with Crippen molar-refractivity contribution in [2.75, 3.05) is 13.1 Å². The summed E-state index contributed by atoms with van der Waals surface area (Å²) in [5.74, 6) is -0.0000823. The summed E-state index contributed by atoms with van der Waals surface area (Å²) in [6, 6.07) is 10.1. The van der Waals surface area contributed by atoms with Gasteiger partial charge in [-0.3, -0.25) is 4.79 Å². The molecule has 1 N–H and O–H groups in total. The minimum absolute atomic E-state index is 0.0000823. The first-order chi connectivity index (χ1) is 6.79. The van der Waals surface area contributed by atoms with Gasteiger partial charge in [0.1, 0.15) is 0 Å². The first kappa shape index (κ1) is 10.7. The van der Waals surface area contributed by atoms with Crippen molar-refractivity contribution in [1.29, 1.82) is 0 Å². The molecule has 0 unspecified atom stereocenters. The smallest absolute Gasteiger partial charge is 0.216 e. The van der Waals surface area contributed by atoms with Crippen LogP contribution in [0.2, 0.25) is 0 Å². The fourth-order valence-electron chi connectivity index (χ4n) is 1.10. The van der Waals surface area contributed by atoms with Crippen LogP contribution in [0.15, 0.2) is 30.3 Å². The molecule has 3 nitrogen and oxygen atoms in total. The third-order valence-electron chi connectivity index (χ3n) is 1.78. The van der Waals surface area contributed by atoms with Crippen LogP contribution in [0.5, 0.6) is 0 Å². The molecule has 0 fully saturated rings. The van der Waals surface area contributed by atoms with Crippen LogP contribution in [0, 0.1) is 0 Å². The molecular weight excluding hydrogens is 176 g/mol. The van der Waals surface area contributed by atoms with Crippen molar-refractivity contribution in [3.05, 3.63) is 35.9 Å². The molecule has 14 heavy (non-hydrogen) atoms. The fourth-order valence-corrected chi connectivity index (χ4v) is 1.10. The van der Waals surface area contributed by atoms with E-state index in [9.17, 15) is 4.79 Å². The van der Waals surface area contributed by atoms with Crippen LogP contribution >= 0.6 is 0 Å². The van der Waals surface area contributed by atoms with Crippen LogP contribution in [0.3, 0.4) is 0 Å². The molecule has 0 aliphatic heterocycles. The molecule has 1 aromatic rings. The molecule has 0 aromatic heterocycles. The maximum atomic E-state index is 10.5. The van der Waals surface area contributed by atoms with Gasteiger partial charge < -0.3 is 5.32 Å². The summed E-state index contributed by atoms with van der Waals surface area (Å²) in [4.78, 5) is 10.5. The number of benzene rings is 1. The first-order valence-corrected chi connectivity index (χ1v) is 4.70. The lowest BCUT2D eigenvalue weighted by Gasteiger charge is -2.02. The van der Waals surface area contributed by atoms with Crippen molar-refractivity contribution in [2.24, 2.45) is 0 Å². The van der Waals surface area contributed by atoms with Gasteiger partial charge in [0.15, 0.2) is 0 Å². The van der Waals surface area contributed by atoms with Crippen molar-refractivity contribution in [2.45, 2.75) is 13.5 Å². The van der Waals surface area contributed by atoms with Crippen LogP contribution in [-0.4, -0.2) is 19.0 Å². The number of carbonyl (C=O) groups excluding carboxylic acids is 1. The molecule has 0 spiro atoms. The summed E-state index contributed by atoms with van der Waals surface area (Å²) in [5, 5.41) is 7.00. The lowest BCUT2D eigenvalue weighted by molar-refractivity contribution is -0.118. The van der Waals surface area contributed by atoms with Crippen LogP contribution in [0.25, 0.3) is 0 Å². The molecule has 0 saturated heterocycles. The summed E-state index contributed by atoms with van der Waals surface area (Å²) < 4.78 is 0. The van der Waals surface area contributed by atoms with E-state index in [2.05, 4.69) is 10.6 Å². The quantitative estimate of drug-likeness (QED) is 0.691. The van der Waals surface area contributed by atoms with Gasteiger partial charge in [0.2, 0.25) is 5.91 Å². The Kier molecular flexibility index (Phi) is 4.72. The molecule has 75 valence electrons. The van der Waals surface area contributed by atoms with Gasteiger partial charge >= 0.3 is 0 Å². The number of rotatable bonds is 5. The zero-order chi connectivity index (χ0) is 10.2. The number of nitrogens with zero attached hydrogens (tertiary/aromatic N) is 1. The van der Waals surface area contributed by atoms with E-state index in [1.807, 2.05) is 30.3 Å². The molecule has 1 rings (SSSR count). The van der Waals surface area contributed by atoms with E-state index < -0.39 is 0 Å². The zero-order valence-corrected chi connectivity index (χ0v) is 8.36. The SMILES string of the molecule is CC(=O)NCC[N]Cc1ccccc1. The Balaban J connectivity index is 2.08. The predicted octanol–water partition coefficient (Wildman–Crippen LogP) is 0.927. The van der Waals surface area contributed by atoms with Crippen molar-refractivity contribution in [1.82, 2.24) is 10.6 Å². The van der Waals surface area contributed by atoms with Gasteiger partial charge in [-0.05, 0) is 5.56 Å². The second-order valence-electron chi connectivity index (χ2n) is 3.07. The van der Waals surface area contributed by atoms with Gasteiger partial charge in [-0.1, -0.05) is 30.3 Å². The topological polar surface area (TPSA) is 43.2 Å². The van der Waals surface area contributed by atoms with E-state index in [1.54, 1.807) is 0 Å². The highest BCUT2D eigenvalue weighted by Crippen LogP contribution is 1.97. The average Bonchev–Trinajstić information content (AvgIpc) is 2.18. The molecule has 0 aliphatic carbocycles. The van der Waals surface area contributed by atoms with E-state index in [4.69, 9.17) is 0 Å². The minimum Gasteiger partial charge on any atom is -0.355 e. The maximum absolute atomic E-state index is 10.5. The Morgan fingerprint density at radius 1 is 1.36 bits per heavy atom. The molecule has 0 saturated carbocycles. The van der Waals surface area contributed by atoms with E-state index in [0.29, 0.717) is 13.1 Å². The Morgan fingerprint density at radius 2 is 2.07 bits per heavy atom. The number of nitrogens with one attached hydrogen (secondary N) is 1. The van der Waals surface area contributed by atoms with Crippen molar-refractivity contribution in [3.63, 3.8) is 0 Å². The zero-order valence-electron chi connectivity index (χ0n) is 8.36. The molecule has 0 heterocycles. The number of amides is 1. The summed E-state index contributed by atoms with van der Waals surface area (Å²) in [7, 11) is 0. The number of carbonyl (C=O) groups is 1. The van der Waals surface area contributed by atoms with Gasteiger partial charge in [-0.2, -0.15) is 0 Å². The van der Waals surface area contributed by atoms with E-state index in [1.165, 1.54) is 12.5 Å². The lowest BCUT2D eigenvalue weighted by atomic mass is 10.2. The number of hydrogen-bond acceptors (Lipinski definition) is 1. The maximum Gasteiger partial charge on any atom is 0.216 e. The highest BCUT2D eigenvalue weighted by atomic mass is 16.1. The monoisotopic (exact) mass is 191 g/mol. The Labute approximate surface area is 84.5 Å². The summed E-state index contributed by atoms with van der Waals surface area (Å²) >= 11 is 0. The minimum atomic E-state index is -0.0000823. The Hall–Kier alpha value is -1.35. The fraction of sp³-hybridized carbons (Fsp3) is 0.364. The van der Waals surface area contributed by atoms with Crippen LogP contribution < -0.4 is 10.6 Å². The third kappa shape index (κ3) is 4.62. The molecule has 1 radical (unpaired) electrons. The third-order valence-corrected chi connectivity index (χ3v) is 1.78. The average molecular weight is 191 g/mol. The standard InChI is InChI=1S/C11H15N2O/c1-10(14)13-8-7-12-9-11-5-3-2-4-6-11/h2-6H,7-9H2,1H3,(H,13,14). The summed E-state index contributed by atoms with van der Waals surface area (Å²) in [5.41, 5.74) is 1.20. The van der Waals surface area contributed by atoms with Crippen molar-refractivity contribution < 1.29 is 4.79 Å². The van der Waals surface area contributed by atoms with E-state index in [0.717, 1.165) is 6.54 Å². The molecular formula is C11H15N2O. The summed E-state index contributed by atoms with van der Waals surface area (Å²) in [6.45, 7) is 3.54. The van der Waals surface area contributed by atoms with Crippen molar-refractivity contribution >= 4 is 5.91 Å². The normalized spacial score (nSPS) is 9.79. The molecule has 1 aromatic carbocycles. The lowest BCUT2D eigenvalue weighted by Crippen LogP contribution is -2.26. The van der Waals surface area contributed by atoms with E-state index in [-0.39, 0.29) is 5.91 Å². The Bertz CT molecular complexity index is 272. The van der Waals surface area contributed by atoms with Crippen LogP contribution in [0.4, 0.5) is 0 Å². The van der Waals surface area contributed by atoms with Crippen LogP contribution in [-0.2, 0) is 11.3 Å².